The van der Waals surface area contributed by atoms with E-state index in [1.165, 1.54) is 11.3 Å². The molecule has 0 bridgehead atoms. The van der Waals surface area contributed by atoms with Gasteiger partial charge in [-0.05, 0) is 17.0 Å². The minimum Gasteiger partial charge on any atom is -0.477 e. The van der Waals surface area contributed by atoms with Crippen molar-refractivity contribution in [1.29, 1.82) is 0 Å². The molecule has 1 aromatic heterocycles. The Morgan fingerprint density at radius 1 is 1.47 bits per heavy atom. The quantitative estimate of drug-likeness (QED) is 0.614. The number of carboxylic acids is 1. The van der Waals surface area contributed by atoms with E-state index in [0.29, 0.717) is 23.5 Å². The Morgan fingerprint density at radius 3 is 2.76 bits per heavy atom. The molecule has 0 aliphatic rings. The maximum absolute atomic E-state index is 10.8. The normalized spacial score (nSPS) is 11.6. The van der Waals surface area contributed by atoms with Crippen LogP contribution in [0.3, 0.4) is 0 Å². The number of nitrogens with one attached hydrogen (secondary N) is 2. The van der Waals surface area contributed by atoms with Crippen LogP contribution < -0.4 is 10.0 Å². The molecule has 0 atom stereocenters. The third-order valence-electron chi connectivity index (χ3n) is 1.92. The van der Waals surface area contributed by atoms with Crippen molar-refractivity contribution in [3.8, 4) is 0 Å². The highest BCUT2D eigenvalue weighted by Crippen LogP contribution is 2.16. The topological polar surface area (TPSA) is 95.5 Å². The fraction of sp³-hybridized carbons (Fsp3) is 0.444. The number of carboxylic acid groups (broad SMARTS) is 1. The summed E-state index contributed by atoms with van der Waals surface area (Å²) in [6, 6.07) is 1.74. The van der Waals surface area contributed by atoms with E-state index in [0.717, 1.165) is 6.26 Å². The van der Waals surface area contributed by atoms with Crippen LogP contribution in [-0.4, -0.2) is 38.8 Å². The van der Waals surface area contributed by atoms with E-state index in [4.69, 9.17) is 5.11 Å². The third-order valence-corrected chi connectivity index (χ3v) is 3.60. The molecule has 3 N–H and O–H groups in total. The molecule has 17 heavy (non-hydrogen) atoms. The second-order valence-electron chi connectivity index (χ2n) is 3.42. The SMILES string of the molecule is CS(=O)(=O)NCCNCc1ccsc1C(=O)O. The van der Waals surface area contributed by atoms with Crippen LogP contribution in [0.4, 0.5) is 0 Å². The Bertz CT molecular complexity index is 481. The van der Waals surface area contributed by atoms with Gasteiger partial charge in [-0.1, -0.05) is 0 Å². The molecule has 1 aromatic rings. The molecule has 0 amide bonds. The van der Waals surface area contributed by atoms with E-state index in [1.54, 1.807) is 11.4 Å². The molecular weight excluding hydrogens is 264 g/mol. The minimum absolute atomic E-state index is 0.283. The molecule has 0 spiro atoms. The summed E-state index contributed by atoms with van der Waals surface area (Å²) in [5.74, 6) is -0.939. The van der Waals surface area contributed by atoms with Crippen LogP contribution in [0.1, 0.15) is 15.2 Å². The maximum Gasteiger partial charge on any atom is 0.346 e. The predicted molar refractivity (Wildman–Crippen MR) is 65.8 cm³/mol. The molecular formula is C9H14N2O4S2. The fourth-order valence-corrected chi connectivity index (χ4v) is 2.44. The maximum atomic E-state index is 10.8. The molecule has 96 valence electrons. The van der Waals surface area contributed by atoms with Gasteiger partial charge >= 0.3 is 5.97 Å². The van der Waals surface area contributed by atoms with Gasteiger partial charge in [0.25, 0.3) is 0 Å². The molecule has 0 aromatic carbocycles. The number of hydrogen-bond acceptors (Lipinski definition) is 5. The Kier molecular flexibility index (Phi) is 5.06. The standard InChI is InChI=1S/C9H14N2O4S2/c1-17(14,15)11-4-3-10-6-7-2-5-16-8(7)9(12)13/h2,5,10-11H,3-4,6H2,1H3,(H,12,13). The lowest BCUT2D eigenvalue weighted by Gasteiger charge is -2.04. The first-order chi connectivity index (χ1) is 7.90. The van der Waals surface area contributed by atoms with Gasteiger partial charge in [0.05, 0.1) is 6.26 Å². The Hall–Kier alpha value is -0.960. The van der Waals surface area contributed by atoms with Crippen LogP contribution in [0.25, 0.3) is 0 Å². The predicted octanol–water partition coefficient (Wildman–Crippen LogP) is 0.0851. The van der Waals surface area contributed by atoms with E-state index in [1.807, 2.05) is 0 Å². The Balaban J connectivity index is 2.32. The van der Waals surface area contributed by atoms with Gasteiger partial charge in [-0.25, -0.2) is 17.9 Å². The van der Waals surface area contributed by atoms with Crippen LogP contribution in [0.15, 0.2) is 11.4 Å². The summed E-state index contributed by atoms with van der Waals surface area (Å²) in [4.78, 5) is 11.1. The number of sulfonamides is 1. The molecule has 6 nitrogen and oxygen atoms in total. The van der Waals surface area contributed by atoms with Crippen molar-refractivity contribution in [3.05, 3.63) is 21.9 Å². The van der Waals surface area contributed by atoms with Crippen molar-refractivity contribution in [2.24, 2.45) is 0 Å². The zero-order valence-electron chi connectivity index (χ0n) is 9.26. The fourth-order valence-electron chi connectivity index (χ4n) is 1.21. The van der Waals surface area contributed by atoms with Crippen LogP contribution in [0, 0.1) is 0 Å². The Labute approximate surface area is 104 Å². The highest BCUT2D eigenvalue weighted by atomic mass is 32.2. The van der Waals surface area contributed by atoms with Crippen molar-refractivity contribution in [2.75, 3.05) is 19.3 Å². The van der Waals surface area contributed by atoms with E-state index in [2.05, 4.69) is 10.0 Å². The van der Waals surface area contributed by atoms with E-state index in [9.17, 15) is 13.2 Å². The number of carbonyl (C=O) groups is 1. The van der Waals surface area contributed by atoms with Crippen LogP contribution >= 0.6 is 11.3 Å². The van der Waals surface area contributed by atoms with Crippen LogP contribution in [0.5, 0.6) is 0 Å². The van der Waals surface area contributed by atoms with Crippen molar-refractivity contribution < 1.29 is 18.3 Å². The van der Waals surface area contributed by atoms with Gasteiger partial charge < -0.3 is 10.4 Å². The molecule has 8 heteroatoms. The summed E-state index contributed by atoms with van der Waals surface area (Å²) in [6.45, 7) is 1.14. The highest BCUT2D eigenvalue weighted by Gasteiger charge is 2.10. The summed E-state index contributed by atoms with van der Waals surface area (Å²) >= 11 is 1.17. The molecule has 0 saturated heterocycles. The van der Waals surface area contributed by atoms with Gasteiger partial charge in [-0.3, -0.25) is 0 Å². The largest absolute Gasteiger partial charge is 0.477 e. The van der Waals surface area contributed by atoms with Gasteiger partial charge in [0, 0.05) is 19.6 Å². The number of aromatic carboxylic acids is 1. The molecule has 0 fully saturated rings. The molecule has 0 saturated carbocycles. The summed E-state index contributed by atoms with van der Waals surface area (Å²) in [6.07, 6.45) is 1.09. The number of hydrogen-bond donors (Lipinski definition) is 3. The van der Waals surface area contributed by atoms with E-state index < -0.39 is 16.0 Å². The average molecular weight is 278 g/mol. The third kappa shape index (κ3) is 5.26. The van der Waals surface area contributed by atoms with E-state index in [-0.39, 0.29) is 6.54 Å². The zero-order chi connectivity index (χ0) is 12.9. The van der Waals surface area contributed by atoms with Gasteiger partial charge in [0.2, 0.25) is 10.0 Å². The second-order valence-corrected chi connectivity index (χ2v) is 6.17. The highest BCUT2D eigenvalue weighted by molar-refractivity contribution is 7.88. The van der Waals surface area contributed by atoms with Gasteiger partial charge in [-0.15, -0.1) is 11.3 Å². The summed E-state index contributed by atoms with van der Waals surface area (Å²) in [5.41, 5.74) is 0.710. The first kappa shape index (κ1) is 14.1. The molecule has 0 aliphatic heterocycles. The first-order valence-electron chi connectivity index (χ1n) is 4.85. The molecule has 0 aliphatic carbocycles. The molecule has 0 unspecified atom stereocenters. The van der Waals surface area contributed by atoms with Gasteiger partial charge in [0.15, 0.2) is 0 Å². The van der Waals surface area contributed by atoms with E-state index >= 15 is 0 Å². The smallest absolute Gasteiger partial charge is 0.346 e. The summed E-state index contributed by atoms with van der Waals surface area (Å²) in [5, 5.41) is 13.5. The summed E-state index contributed by atoms with van der Waals surface area (Å²) in [7, 11) is -3.16. The molecule has 1 rings (SSSR count). The van der Waals surface area contributed by atoms with Crippen LogP contribution in [0.2, 0.25) is 0 Å². The van der Waals surface area contributed by atoms with Crippen molar-refractivity contribution in [2.45, 2.75) is 6.54 Å². The molecule has 1 heterocycles. The second kappa shape index (κ2) is 6.10. The summed E-state index contributed by atoms with van der Waals surface area (Å²) < 4.78 is 23.8. The average Bonchev–Trinajstić information content (AvgIpc) is 2.63. The Morgan fingerprint density at radius 2 is 2.18 bits per heavy atom. The number of thiophene rings is 1. The van der Waals surface area contributed by atoms with Gasteiger partial charge in [0.1, 0.15) is 4.88 Å². The lowest BCUT2D eigenvalue weighted by Crippen LogP contribution is -2.30. The number of rotatable bonds is 7. The lowest BCUT2D eigenvalue weighted by molar-refractivity contribution is 0.0701. The van der Waals surface area contributed by atoms with Gasteiger partial charge in [-0.2, -0.15) is 0 Å². The molecule has 0 radical (unpaired) electrons. The van der Waals surface area contributed by atoms with Crippen LogP contribution in [-0.2, 0) is 16.6 Å². The van der Waals surface area contributed by atoms with Crippen molar-refractivity contribution in [1.82, 2.24) is 10.0 Å². The van der Waals surface area contributed by atoms with Crippen molar-refractivity contribution >= 4 is 27.3 Å². The monoisotopic (exact) mass is 278 g/mol. The zero-order valence-corrected chi connectivity index (χ0v) is 10.9. The minimum atomic E-state index is -3.16. The van der Waals surface area contributed by atoms with Crippen molar-refractivity contribution in [3.63, 3.8) is 0 Å². The lowest BCUT2D eigenvalue weighted by atomic mass is 10.2. The first-order valence-corrected chi connectivity index (χ1v) is 7.62.